The standard InChI is InChI=1S/C29H50N4O7S/c1-21-18-33(22(2)20-34)29(36)25-17-24(30-41(7,37)38)13-14-26(25)40-23(3)11-8-9-16-39-27(21)19-32(6)28(35)12-10-15-31(4)5/h13-14,17,21-23,27,30,34H,8-12,15-16,18-20H2,1-7H3/t21-,22+,23-,27+/m0/s1. The van der Waals surface area contributed by atoms with Crippen molar-refractivity contribution in [2.75, 3.05) is 65.0 Å². The predicted molar refractivity (Wildman–Crippen MR) is 161 cm³/mol. The van der Waals surface area contributed by atoms with E-state index in [2.05, 4.69) is 4.72 Å². The van der Waals surface area contributed by atoms with E-state index in [0.29, 0.717) is 25.3 Å². The molecule has 12 heteroatoms. The summed E-state index contributed by atoms with van der Waals surface area (Å²) in [6.07, 6.45) is 4.15. The van der Waals surface area contributed by atoms with Crippen LogP contribution < -0.4 is 9.46 Å². The van der Waals surface area contributed by atoms with Gasteiger partial charge in [0.15, 0.2) is 0 Å². The summed E-state index contributed by atoms with van der Waals surface area (Å²) >= 11 is 0. The van der Waals surface area contributed by atoms with Gasteiger partial charge in [-0.05, 0) is 78.4 Å². The number of carbonyl (C=O) groups excluding carboxylic acids is 2. The second-order valence-corrected chi connectivity index (χ2v) is 13.3. The van der Waals surface area contributed by atoms with Crippen molar-refractivity contribution in [3.05, 3.63) is 23.8 Å². The molecule has 1 aromatic carbocycles. The summed E-state index contributed by atoms with van der Waals surface area (Å²) in [5.74, 6) is -0.156. The van der Waals surface area contributed by atoms with Crippen molar-refractivity contribution >= 4 is 27.5 Å². The Kier molecular flexibility index (Phi) is 13.8. The van der Waals surface area contributed by atoms with Crippen LogP contribution in [0, 0.1) is 5.92 Å². The van der Waals surface area contributed by atoms with E-state index in [1.165, 1.54) is 6.07 Å². The number of ether oxygens (including phenoxy) is 2. The lowest BCUT2D eigenvalue weighted by atomic mass is 10.0. The zero-order chi connectivity index (χ0) is 30.7. The van der Waals surface area contributed by atoms with E-state index in [9.17, 15) is 23.1 Å². The molecule has 0 radical (unpaired) electrons. The Hall–Kier alpha value is -2.41. The Balaban J connectivity index is 2.39. The van der Waals surface area contributed by atoms with Crippen molar-refractivity contribution in [1.29, 1.82) is 0 Å². The number of nitrogens with one attached hydrogen (secondary N) is 1. The third-order valence-electron chi connectivity index (χ3n) is 7.23. The van der Waals surface area contributed by atoms with Gasteiger partial charge in [-0.2, -0.15) is 0 Å². The molecule has 4 atom stereocenters. The number of aliphatic hydroxyl groups is 1. The summed E-state index contributed by atoms with van der Waals surface area (Å²) in [6.45, 7) is 7.39. The normalized spacial score (nSPS) is 21.9. The molecule has 0 aliphatic carbocycles. The maximum absolute atomic E-state index is 14.0. The summed E-state index contributed by atoms with van der Waals surface area (Å²) in [7, 11) is 2.17. The lowest BCUT2D eigenvalue weighted by Gasteiger charge is -2.36. The molecule has 0 saturated carbocycles. The fourth-order valence-corrected chi connectivity index (χ4v) is 5.33. The molecule has 41 heavy (non-hydrogen) atoms. The zero-order valence-corrected chi connectivity index (χ0v) is 26.6. The Labute approximate surface area is 246 Å². The van der Waals surface area contributed by atoms with E-state index in [1.54, 1.807) is 35.9 Å². The van der Waals surface area contributed by atoms with Gasteiger partial charge in [-0.1, -0.05) is 6.92 Å². The average molecular weight is 599 g/mol. The third kappa shape index (κ3) is 11.8. The summed E-state index contributed by atoms with van der Waals surface area (Å²) in [5.41, 5.74) is 0.456. The van der Waals surface area contributed by atoms with Crippen molar-refractivity contribution in [3.63, 3.8) is 0 Å². The molecule has 1 heterocycles. The number of carbonyl (C=O) groups is 2. The van der Waals surface area contributed by atoms with E-state index in [1.807, 2.05) is 32.8 Å². The molecule has 0 bridgehead atoms. The molecule has 0 saturated heterocycles. The van der Waals surface area contributed by atoms with E-state index in [0.717, 1.165) is 38.5 Å². The Bertz CT molecular complexity index is 1100. The number of anilines is 1. The molecule has 0 aromatic heterocycles. The largest absolute Gasteiger partial charge is 0.490 e. The average Bonchev–Trinajstić information content (AvgIpc) is 2.89. The molecule has 0 unspecified atom stereocenters. The van der Waals surface area contributed by atoms with Gasteiger partial charge in [-0.3, -0.25) is 14.3 Å². The maximum atomic E-state index is 14.0. The van der Waals surface area contributed by atoms with Crippen LogP contribution in [0.25, 0.3) is 0 Å². The quantitative estimate of drug-likeness (QED) is 0.421. The van der Waals surface area contributed by atoms with Crippen LogP contribution in [0.4, 0.5) is 5.69 Å². The second kappa shape index (κ2) is 16.3. The topological polar surface area (TPSA) is 129 Å². The lowest BCUT2D eigenvalue weighted by molar-refractivity contribution is -0.132. The molecule has 2 N–H and O–H groups in total. The van der Waals surface area contributed by atoms with Crippen LogP contribution in [0.1, 0.15) is 63.2 Å². The number of nitrogens with zero attached hydrogens (tertiary/aromatic N) is 3. The Morgan fingerprint density at radius 2 is 1.93 bits per heavy atom. The molecule has 234 valence electrons. The van der Waals surface area contributed by atoms with E-state index in [-0.39, 0.29) is 54.3 Å². The first-order chi connectivity index (χ1) is 19.2. The van der Waals surface area contributed by atoms with Gasteiger partial charge in [-0.25, -0.2) is 8.42 Å². The molecule has 2 rings (SSSR count). The third-order valence-corrected chi connectivity index (χ3v) is 7.84. The van der Waals surface area contributed by atoms with Crippen molar-refractivity contribution in [2.45, 2.75) is 71.1 Å². The Morgan fingerprint density at radius 1 is 1.22 bits per heavy atom. The molecule has 1 aliphatic rings. The fraction of sp³-hybridized carbons (Fsp3) is 0.724. The minimum Gasteiger partial charge on any atom is -0.490 e. The number of amides is 2. The van der Waals surface area contributed by atoms with Crippen LogP contribution in [0.15, 0.2) is 18.2 Å². The SMILES string of the molecule is C[C@H](CO)N1C[C@H](C)[C@@H](CN(C)C(=O)CCCN(C)C)OCCCC[C@H](C)Oc2ccc(NS(C)(=O)=O)cc2C1=O. The fourth-order valence-electron chi connectivity index (χ4n) is 4.77. The van der Waals surface area contributed by atoms with Crippen LogP contribution in [-0.4, -0.2) is 119 Å². The predicted octanol–water partition coefficient (Wildman–Crippen LogP) is 2.65. The van der Waals surface area contributed by atoms with Crippen LogP contribution in [-0.2, 0) is 19.6 Å². The number of aliphatic hydroxyl groups excluding tert-OH is 1. The highest BCUT2D eigenvalue weighted by Crippen LogP contribution is 2.28. The van der Waals surface area contributed by atoms with E-state index >= 15 is 0 Å². The van der Waals surface area contributed by atoms with Gasteiger partial charge in [0, 0.05) is 44.8 Å². The number of benzene rings is 1. The van der Waals surface area contributed by atoms with Crippen molar-refractivity contribution < 1.29 is 32.6 Å². The monoisotopic (exact) mass is 598 g/mol. The first-order valence-electron chi connectivity index (χ1n) is 14.4. The molecular formula is C29H50N4O7S. The molecule has 11 nitrogen and oxygen atoms in total. The summed E-state index contributed by atoms with van der Waals surface area (Å²) in [5, 5.41) is 10.1. The maximum Gasteiger partial charge on any atom is 0.258 e. The number of sulfonamides is 1. The van der Waals surface area contributed by atoms with Crippen LogP contribution >= 0.6 is 0 Å². The molecule has 2 amide bonds. The van der Waals surface area contributed by atoms with Gasteiger partial charge in [0.2, 0.25) is 15.9 Å². The Morgan fingerprint density at radius 3 is 2.56 bits per heavy atom. The van der Waals surface area contributed by atoms with Crippen LogP contribution in [0.2, 0.25) is 0 Å². The molecule has 1 aliphatic heterocycles. The van der Waals surface area contributed by atoms with Gasteiger partial charge >= 0.3 is 0 Å². The van der Waals surface area contributed by atoms with Crippen LogP contribution in [0.5, 0.6) is 5.75 Å². The minimum atomic E-state index is -3.57. The van der Waals surface area contributed by atoms with Crippen molar-refractivity contribution in [1.82, 2.24) is 14.7 Å². The van der Waals surface area contributed by atoms with Gasteiger partial charge in [0.1, 0.15) is 5.75 Å². The van der Waals surface area contributed by atoms with Gasteiger partial charge < -0.3 is 29.3 Å². The lowest BCUT2D eigenvalue weighted by Crippen LogP contribution is -2.48. The van der Waals surface area contributed by atoms with E-state index < -0.39 is 16.1 Å². The highest BCUT2D eigenvalue weighted by Gasteiger charge is 2.31. The highest BCUT2D eigenvalue weighted by molar-refractivity contribution is 7.92. The van der Waals surface area contributed by atoms with E-state index in [4.69, 9.17) is 9.47 Å². The first-order valence-corrected chi connectivity index (χ1v) is 16.3. The minimum absolute atomic E-state index is 0.0459. The summed E-state index contributed by atoms with van der Waals surface area (Å²) in [6, 6.07) is 4.13. The molecular weight excluding hydrogens is 548 g/mol. The number of rotatable bonds is 10. The van der Waals surface area contributed by atoms with Crippen molar-refractivity contribution in [2.24, 2.45) is 5.92 Å². The summed E-state index contributed by atoms with van der Waals surface area (Å²) < 4.78 is 38.7. The number of likely N-dealkylation sites (N-methyl/N-ethyl adjacent to an activating group) is 1. The van der Waals surface area contributed by atoms with Gasteiger partial charge in [-0.15, -0.1) is 0 Å². The van der Waals surface area contributed by atoms with Gasteiger partial charge in [0.05, 0.1) is 36.7 Å². The number of hydrogen-bond acceptors (Lipinski definition) is 8. The molecule has 1 aromatic rings. The molecule has 0 fully saturated rings. The van der Waals surface area contributed by atoms with Crippen molar-refractivity contribution in [3.8, 4) is 5.75 Å². The smallest absolute Gasteiger partial charge is 0.258 e. The zero-order valence-electron chi connectivity index (χ0n) is 25.8. The highest BCUT2D eigenvalue weighted by atomic mass is 32.2. The number of hydrogen-bond donors (Lipinski definition) is 2. The summed E-state index contributed by atoms with van der Waals surface area (Å²) in [4.78, 5) is 32.2. The second-order valence-electron chi connectivity index (χ2n) is 11.6. The first kappa shape index (κ1) is 34.8. The van der Waals surface area contributed by atoms with Gasteiger partial charge in [0.25, 0.3) is 5.91 Å². The number of fused-ring (bicyclic) bond motifs is 1. The van der Waals surface area contributed by atoms with Crippen LogP contribution in [0.3, 0.4) is 0 Å². The molecule has 0 spiro atoms.